The van der Waals surface area contributed by atoms with Gasteiger partial charge < -0.3 is 10.2 Å². The molecule has 0 aromatic heterocycles. The number of nitrogens with zero attached hydrogens (tertiary/aromatic N) is 2. The van der Waals surface area contributed by atoms with Crippen molar-refractivity contribution >= 4 is 17.5 Å². The lowest BCUT2D eigenvalue weighted by Crippen LogP contribution is -2.50. The average molecular weight is 351 g/mol. The second-order valence-corrected chi connectivity index (χ2v) is 6.82. The van der Waals surface area contributed by atoms with Crippen LogP contribution in [0.2, 0.25) is 0 Å². The Morgan fingerprint density at radius 3 is 2.04 bits per heavy atom. The third kappa shape index (κ3) is 4.29. The summed E-state index contributed by atoms with van der Waals surface area (Å²) in [5.74, 6) is -0.108. The fraction of sp³-hybridized carbons (Fsp3) is 0.333. The number of anilines is 1. The van der Waals surface area contributed by atoms with Crippen LogP contribution in [0.3, 0.4) is 0 Å². The van der Waals surface area contributed by atoms with E-state index >= 15 is 0 Å². The topological polar surface area (TPSA) is 52.6 Å². The first kappa shape index (κ1) is 18.1. The van der Waals surface area contributed by atoms with Gasteiger partial charge >= 0.3 is 0 Å². The Bertz CT molecular complexity index is 749. The molecule has 5 heteroatoms. The van der Waals surface area contributed by atoms with E-state index in [9.17, 15) is 9.59 Å². The molecule has 2 amide bonds. The Morgan fingerprint density at radius 1 is 0.846 bits per heavy atom. The molecule has 0 spiro atoms. The molecule has 2 aromatic rings. The van der Waals surface area contributed by atoms with Gasteiger partial charge in [-0.3, -0.25) is 14.5 Å². The van der Waals surface area contributed by atoms with E-state index in [1.807, 2.05) is 23.1 Å². The molecule has 1 aliphatic rings. The number of hydrogen-bond acceptors (Lipinski definition) is 3. The van der Waals surface area contributed by atoms with Crippen LogP contribution in [0.4, 0.5) is 5.69 Å². The van der Waals surface area contributed by atoms with E-state index in [-0.39, 0.29) is 11.8 Å². The molecule has 1 fully saturated rings. The summed E-state index contributed by atoms with van der Waals surface area (Å²) in [5, 5.41) is 2.85. The first-order valence-corrected chi connectivity index (χ1v) is 9.04. The van der Waals surface area contributed by atoms with Crippen LogP contribution in [0.1, 0.15) is 34.6 Å². The smallest absolute Gasteiger partial charge is 0.255 e. The Kier molecular flexibility index (Phi) is 5.68. The molecule has 1 saturated heterocycles. The molecule has 1 N–H and O–H groups in total. The first-order chi connectivity index (χ1) is 12.5. The van der Waals surface area contributed by atoms with Gasteiger partial charge in [-0.1, -0.05) is 18.2 Å². The summed E-state index contributed by atoms with van der Waals surface area (Å²) in [5.41, 5.74) is 1.94. The van der Waals surface area contributed by atoms with E-state index < -0.39 is 0 Å². The van der Waals surface area contributed by atoms with Gasteiger partial charge in [-0.05, 0) is 50.2 Å². The van der Waals surface area contributed by atoms with Crippen molar-refractivity contribution in [2.45, 2.75) is 19.9 Å². The molecule has 2 aromatic carbocycles. The summed E-state index contributed by atoms with van der Waals surface area (Å²) in [6, 6.07) is 16.7. The summed E-state index contributed by atoms with van der Waals surface area (Å²) >= 11 is 0. The number of hydrogen-bond donors (Lipinski definition) is 1. The van der Waals surface area contributed by atoms with Gasteiger partial charge in [-0.25, -0.2) is 0 Å². The first-order valence-electron chi connectivity index (χ1n) is 9.04. The Labute approximate surface area is 154 Å². The van der Waals surface area contributed by atoms with Crippen LogP contribution in [0.25, 0.3) is 0 Å². The Hall–Kier alpha value is -2.66. The molecule has 5 nitrogen and oxygen atoms in total. The zero-order valence-corrected chi connectivity index (χ0v) is 15.3. The van der Waals surface area contributed by atoms with Gasteiger partial charge in [-0.2, -0.15) is 0 Å². The maximum Gasteiger partial charge on any atom is 0.255 e. The number of carbonyl (C=O) groups is 2. The number of nitrogens with one attached hydrogen (secondary N) is 1. The van der Waals surface area contributed by atoms with Crippen molar-refractivity contribution in [3.8, 4) is 0 Å². The van der Waals surface area contributed by atoms with Crippen molar-refractivity contribution in [2.24, 2.45) is 0 Å². The normalized spacial score (nSPS) is 15.1. The van der Waals surface area contributed by atoms with E-state index in [4.69, 9.17) is 0 Å². The van der Waals surface area contributed by atoms with E-state index in [2.05, 4.69) is 24.1 Å². The maximum atomic E-state index is 12.7. The van der Waals surface area contributed by atoms with Gasteiger partial charge in [0, 0.05) is 49.0 Å². The monoisotopic (exact) mass is 351 g/mol. The molecule has 0 aliphatic carbocycles. The molecule has 1 aliphatic heterocycles. The van der Waals surface area contributed by atoms with Gasteiger partial charge in [0.05, 0.1) is 0 Å². The highest BCUT2D eigenvalue weighted by Crippen LogP contribution is 2.15. The lowest BCUT2D eigenvalue weighted by molar-refractivity contribution is 0.0595. The average Bonchev–Trinajstić information content (AvgIpc) is 2.69. The van der Waals surface area contributed by atoms with Crippen molar-refractivity contribution in [2.75, 3.05) is 31.5 Å². The molecule has 0 radical (unpaired) electrons. The number of carbonyl (C=O) groups excluding carboxylic acids is 2. The summed E-state index contributed by atoms with van der Waals surface area (Å²) in [6.45, 7) is 7.69. The molecular formula is C21H25N3O2. The second-order valence-electron chi connectivity index (χ2n) is 6.82. The quantitative estimate of drug-likeness (QED) is 0.921. The lowest BCUT2D eigenvalue weighted by atomic mass is 10.1. The zero-order valence-electron chi connectivity index (χ0n) is 15.3. The zero-order chi connectivity index (χ0) is 18.5. The molecule has 0 atom stereocenters. The molecule has 0 unspecified atom stereocenters. The van der Waals surface area contributed by atoms with Gasteiger partial charge in [0.2, 0.25) is 0 Å². The third-order valence-electron chi connectivity index (χ3n) is 4.76. The SMILES string of the molecule is CC(C)N1CCN(C(=O)c2ccc(NC(=O)c3ccccc3)cc2)CC1. The molecular weight excluding hydrogens is 326 g/mol. The van der Waals surface area contributed by atoms with Crippen LogP contribution in [0, 0.1) is 0 Å². The van der Waals surface area contributed by atoms with Crippen LogP contribution in [0.5, 0.6) is 0 Å². The molecule has 0 bridgehead atoms. The van der Waals surface area contributed by atoms with Crippen molar-refractivity contribution < 1.29 is 9.59 Å². The van der Waals surface area contributed by atoms with E-state index in [1.165, 1.54) is 0 Å². The van der Waals surface area contributed by atoms with Crippen LogP contribution < -0.4 is 5.32 Å². The highest BCUT2D eigenvalue weighted by Gasteiger charge is 2.23. The predicted molar refractivity (Wildman–Crippen MR) is 103 cm³/mol. The van der Waals surface area contributed by atoms with E-state index in [0.717, 1.165) is 26.2 Å². The Balaban J connectivity index is 1.59. The van der Waals surface area contributed by atoms with Gasteiger partial charge in [0.1, 0.15) is 0 Å². The van der Waals surface area contributed by atoms with Crippen LogP contribution in [-0.2, 0) is 0 Å². The molecule has 136 valence electrons. The van der Waals surface area contributed by atoms with Crippen molar-refractivity contribution in [3.05, 3.63) is 65.7 Å². The molecule has 0 saturated carbocycles. The summed E-state index contributed by atoms with van der Waals surface area (Å²) in [7, 11) is 0. The minimum atomic E-state index is -0.158. The fourth-order valence-corrected chi connectivity index (χ4v) is 3.11. The van der Waals surface area contributed by atoms with E-state index in [0.29, 0.717) is 22.9 Å². The summed E-state index contributed by atoms with van der Waals surface area (Å²) in [6.07, 6.45) is 0. The van der Waals surface area contributed by atoms with Gasteiger partial charge in [0.25, 0.3) is 11.8 Å². The van der Waals surface area contributed by atoms with Crippen molar-refractivity contribution in [3.63, 3.8) is 0 Å². The predicted octanol–water partition coefficient (Wildman–Crippen LogP) is 3.11. The standard InChI is InChI=1S/C21H25N3O2/c1-16(2)23-12-14-24(15-13-23)21(26)18-8-10-19(11-9-18)22-20(25)17-6-4-3-5-7-17/h3-11,16H,12-15H2,1-2H3,(H,22,25). The van der Waals surface area contributed by atoms with Crippen molar-refractivity contribution in [1.82, 2.24) is 9.80 Å². The van der Waals surface area contributed by atoms with Crippen LogP contribution in [0.15, 0.2) is 54.6 Å². The van der Waals surface area contributed by atoms with Crippen molar-refractivity contribution in [1.29, 1.82) is 0 Å². The Morgan fingerprint density at radius 2 is 1.46 bits per heavy atom. The number of rotatable bonds is 4. The van der Waals surface area contributed by atoms with Crippen LogP contribution >= 0.6 is 0 Å². The van der Waals surface area contributed by atoms with Gasteiger partial charge in [-0.15, -0.1) is 0 Å². The number of amides is 2. The fourth-order valence-electron chi connectivity index (χ4n) is 3.11. The summed E-state index contributed by atoms with van der Waals surface area (Å²) < 4.78 is 0. The third-order valence-corrected chi connectivity index (χ3v) is 4.76. The highest BCUT2D eigenvalue weighted by atomic mass is 16.2. The van der Waals surface area contributed by atoms with Crippen LogP contribution in [-0.4, -0.2) is 53.8 Å². The minimum absolute atomic E-state index is 0.0503. The minimum Gasteiger partial charge on any atom is -0.336 e. The number of piperazine rings is 1. The molecule has 3 rings (SSSR count). The molecule has 26 heavy (non-hydrogen) atoms. The largest absolute Gasteiger partial charge is 0.336 e. The second kappa shape index (κ2) is 8.15. The number of benzene rings is 2. The van der Waals surface area contributed by atoms with Gasteiger partial charge in [0.15, 0.2) is 0 Å². The lowest BCUT2D eigenvalue weighted by Gasteiger charge is -2.37. The highest BCUT2D eigenvalue weighted by molar-refractivity contribution is 6.04. The summed E-state index contributed by atoms with van der Waals surface area (Å²) in [4.78, 5) is 29.1. The van der Waals surface area contributed by atoms with E-state index in [1.54, 1.807) is 36.4 Å². The maximum absolute atomic E-state index is 12.7. The molecule has 1 heterocycles.